The van der Waals surface area contributed by atoms with Gasteiger partial charge in [-0.3, -0.25) is 4.79 Å². The molecule has 1 rings (SSSR count). The molecule has 106 valence electrons. The number of hydrogen-bond donors (Lipinski definition) is 1. The minimum atomic E-state index is -0.888. The summed E-state index contributed by atoms with van der Waals surface area (Å²) in [7, 11) is 0. The fourth-order valence-electron chi connectivity index (χ4n) is 1.45. The normalized spacial score (nSPS) is 12.2. The number of benzene rings is 1. The van der Waals surface area contributed by atoms with Crippen molar-refractivity contribution in [2.45, 2.75) is 24.8 Å². The molecule has 0 aromatic heterocycles. The molecule has 0 bridgehead atoms. The first-order valence-electron chi connectivity index (χ1n) is 6.06. The lowest BCUT2D eigenvalue weighted by molar-refractivity contribution is -0.144. The van der Waals surface area contributed by atoms with Gasteiger partial charge in [0.25, 0.3) is 0 Å². The molecule has 6 heteroatoms. The summed E-state index contributed by atoms with van der Waals surface area (Å²) in [6.45, 7) is 4.57. The van der Waals surface area contributed by atoms with Gasteiger partial charge in [-0.25, -0.2) is 8.78 Å². The Balaban J connectivity index is 2.59. The second kappa shape index (κ2) is 8.12. The standard InChI is InChI=1S/C13H17F2NO2S/c1-3-16-12(13(17)18-4-2)8-19-9-5-6-10(14)11(15)7-9/h5-7,12,16H,3-4,8H2,1-2H3. The van der Waals surface area contributed by atoms with Gasteiger partial charge in [0.1, 0.15) is 6.04 Å². The topological polar surface area (TPSA) is 38.3 Å². The van der Waals surface area contributed by atoms with Crippen LogP contribution in [0.15, 0.2) is 23.1 Å². The number of nitrogens with one attached hydrogen (secondary N) is 1. The van der Waals surface area contributed by atoms with Crippen LogP contribution in [-0.2, 0) is 9.53 Å². The van der Waals surface area contributed by atoms with E-state index in [1.54, 1.807) is 6.92 Å². The lowest BCUT2D eigenvalue weighted by atomic mass is 10.3. The van der Waals surface area contributed by atoms with Crippen molar-refractivity contribution in [1.82, 2.24) is 5.32 Å². The zero-order valence-corrected chi connectivity index (χ0v) is 11.7. The van der Waals surface area contributed by atoms with Gasteiger partial charge in [-0.1, -0.05) is 6.92 Å². The number of ether oxygens (including phenoxy) is 1. The number of carbonyl (C=O) groups is 1. The van der Waals surface area contributed by atoms with Crippen molar-refractivity contribution in [3.63, 3.8) is 0 Å². The van der Waals surface area contributed by atoms with E-state index in [4.69, 9.17) is 4.74 Å². The molecule has 3 nitrogen and oxygen atoms in total. The van der Waals surface area contributed by atoms with E-state index < -0.39 is 17.7 Å². The molecule has 0 fully saturated rings. The second-order valence-electron chi connectivity index (χ2n) is 3.75. The van der Waals surface area contributed by atoms with E-state index in [1.165, 1.54) is 17.8 Å². The summed E-state index contributed by atoms with van der Waals surface area (Å²) in [5, 5.41) is 3.00. The molecule has 1 unspecified atom stereocenters. The average molecular weight is 289 g/mol. The Morgan fingerprint density at radius 2 is 2.11 bits per heavy atom. The summed E-state index contributed by atoms with van der Waals surface area (Å²) in [5.74, 6) is -1.70. The van der Waals surface area contributed by atoms with Crippen molar-refractivity contribution in [1.29, 1.82) is 0 Å². The van der Waals surface area contributed by atoms with Crippen LogP contribution in [0.1, 0.15) is 13.8 Å². The maximum Gasteiger partial charge on any atom is 0.323 e. The minimum Gasteiger partial charge on any atom is -0.465 e. The zero-order chi connectivity index (χ0) is 14.3. The van der Waals surface area contributed by atoms with Gasteiger partial charge in [0, 0.05) is 10.6 Å². The molecule has 0 saturated carbocycles. The summed E-state index contributed by atoms with van der Waals surface area (Å²) < 4.78 is 30.8. The molecule has 0 aliphatic carbocycles. The van der Waals surface area contributed by atoms with Gasteiger partial charge >= 0.3 is 5.97 Å². The molecule has 0 aliphatic rings. The monoisotopic (exact) mass is 289 g/mol. The van der Waals surface area contributed by atoms with Gasteiger partial charge in [0.2, 0.25) is 0 Å². The van der Waals surface area contributed by atoms with E-state index in [9.17, 15) is 13.6 Å². The summed E-state index contributed by atoms with van der Waals surface area (Å²) >= 11 is 1.28. The molecule has 0 spiro atoms. The molecule has 1 aromatic carbocycles. The number of esters is 1. The van der Waals surface area contributed by atoms with Crippen LogP contribution >= 0.6 is 11.8 Å². The molecule has 0 radical (unpaired) electrons. The Bertz CT molecular complexity index is 429. The number of hydrogen-bond acceptors (Lipinski definition) is 4. The highest BCUT2D eigenvalue weighted by Gasteiger charge is 2.18. The summed E-state index contributed by atoms with van der Waals surface area (Å²) in [6, 6.07) is 3.22. The Kier molecular flexibility index (Phi) is 6.80. The molecule has 0 saturated heterocycles. The molecule has 1 N–H and O–H groups in total. The molecule has 1 aromatic rings. The molecular weight excluding hydrogens is 272 g/mol. The third-order valence-corrected chi connectivity index (χ3v) is 3.42. The van der Waals surface area contributed by atoms with E-state index in [2.05, 4.69) is 5.32 Å². The first-order valence-corrected chi connectivity index (χ1v) is 7.04. The molecular formula is C13H17F2NO2S. The van der Waals surface area contributed by atoms with E-state index in [0.29, 0.717) is 23.8 Å². The van der Waals surface area contributed by atoms with Crippen LogP contribution in [-0.4, -0.2) is 30.9 Å². The van der Waals surface area contributed by atoms with Gasteiger partial charge in [0.05, 0.1) is 6.61 Å². The molecule has 0 amide bonds. The van der Waals surface area contributed by atoms with E-state index in [0.717, 1.165) is 12.1 Å². The first kappa shape index (κ1) is 15.9. The fourth-order valence-corrected chi connectivity index (χ4v) is 2.41. The summed E-state index contributed by atoms with van der Waals surface area (Å²) in [5.41, 5.74) is 0. The fraction of sp³-hybridized carbons (Fsp3) is 0.462. The van der Waals surface area contributed by atoms with Gasteiger partial charge in [0.15, 0.2) is 11.6 Å². The van der Waals surface area contributed by atoms with Crippen LogP contribution in [0.2, 0.25) is 0 Å². The SMILES string of the molecule is CCNC(CSc1ccc(F)c(F)c1)C(=O)OCC. The highest BCUT2D eigenvalue weighted by Crippen LogP contribution is 2.21. The van der Waals surface area contributed by atoms with Crippen LogP contribution in [0, 0.1) is 11.6 Å². The van der Waals surface area contributed by atoms with Gasteiger partial charge in [-0.2, -0.15) is 0 Å². The van der Waals surface area contributed by atoms with E-state index in [-0.39, 0.29) is 5.97 Å². The Labute approximate surface area is 115 Å². The maximum absolute atomic E-state index is 13.0. The summed E-state index contributed by atoms with van der Waals surface area (Å²) in [6.07, 6.45) is 0. The van der Waals surface area contributed by atoms with Crippen LogP contribution < -0.4 is 5.32 Å². The van der Waals surface area contributed by atoms with Crippen molar-refractivity contribution in [3.05, 3.63) is 29.8 Å². The molecule has 0 heterocycles. The lowest BCUT2D eigenvalue weighted by Crippen LogP contribution is -2.40. The molecule has 19 heavy (non-hydrogen) atoms. The predicted molar refractivity (Wildman–Crippen MR) is 71.2 cm³/mol. The number of rotatable bonds is 7. The lowest BCUT2D eigenvalue weighted by Gasteiger charge is -2.15. The highest BCUT2D eigenvalue weighted by atomic mass is 32.2. The quantitative estimate of drug-likeness (QED) is 0.618. The van der Waals surface area contributed by atoms with Crippen molar-refractivity contribution in [2.75, 3.05) is 18.9 Å². The Morgan fingerprint density at radius 3 is 2.68 bits per heavy atom. The maximum atomic E-state index is 13.0. The largest absolute Gasteiger partial charge is 0.465 e. The smallest absolute Gasteiger partial charge is 0.323 e. The molecule has 1 atom stereocenters. The Morgan fingerprint density at radius 1 is 1.37 bits per heavy atom. The van der Waals surface area contributed by atoms with Crippen LogP contribution in [0.25, 0.3) is 0 Å². The second-order valence-corrected chi connectivity index (χ2v) is 4.84. The van der Waals surface area contributed by atoms with Gasteiger partial charge in [-0.15, -0.1) is 11.8 Å². The predicted octanol–water partition coefficient (Wildman–Crippen LogP) is 2.60. The van der Waals surface area contributed by atoms with Crippen LogP contribution in [0.4, 0.5) is 8.78 Å². The zero-order valence-electron chi connectivity index (χ0n) is 10.9. The number of carbonyl (C=O) groups excluding carboxylic acids is 1. The van der Waals surface area contributed by atoms with Crippen molar-refractivity contribution >= 4 is 17.7 Å². The average Bonchev–Trinajstić information content (AvgIpc) is 2.38. The van der Waals surface area contributed by atoms with Crippen molar-refractivity contribution < 1.29 is 18.3 Å². The van der Waals surface area contributed by atoms with E-state index in [1.807, 2.05) is 6.92 Å². The molecule has 0 aliphatic heterocycles. The van der Waals surface area contributed by atoms with Gasteiger partial charge in [-0.05, 0) is 31.7 Å². The first-order chi connectivity index (χ1) is 9.08. The minimum absolute atomic E-state index is 0.316. The Hall–Kier alpha value is -1.14. The highest BCUT2D eigenvalue weighted by molar-refractivity contribution is 7.99. The van der Waals surface area contributed by atoms with Gasteiger partial charge < -0.3 is 10.1 Å². The summed E-state index contributed by atoms with van der Waals surface area (Å²) in [4.78, 5) is 12.2. The third kappa shape index (κ3) is 5.16. The third-order valence-electron chi connectivity index (χ3n) is 2.33. The number of likely N-dealkylation sites (N-methyl/N-ethyl adjacent to an activating group) is 1. The van der Waals surface area contributed by atoms with Crippen LogP contribution in [0.3, 0.4) is 0 Å². The number of thioether (sulfide) groups is 1. The van der Waals surface area contributed by atoms with Crippen LogP contribution in [0.5, 0.6) is 0 Å². The van der Waals surface area contributed by atoms with Crippen molar-refractivity contribution in [3.8, 4) is 0 Å². The number of halogens is 2. The van der Waals surface area contributed by atoms with Crippen molar-refractivity contribution in [2.24, 2.45) is 0 Å². The van der Waals surface area contributed by atoms with E-state index >= 15 is 0 Å².